The second kappa shape index (κ2) is 5.61. The molecule has 0 fully saturated rings. The number of anilines is 1. The number of hydrogen-bond donors (Lipinski definition) is 1. The fourth-order valence-corrected chi connectivity index (χ4v) is 2.61. The summed E-state index contributed by atoms with van der Waals surface area (Å²) in [6, 6.07) is 3.91. The first-order chi connectivity index (χ1) is 9.79. The van der Waals surface area contributed by atoms with Gasteiger partial charge in [-0.15, -0.1) is 0 Å². The highest BCUT2D eigenvalue weighted by Crippen LogP contribution is 2.35. The quantitative estimate of drug-likeness (QED) is 0.852. The molecule has 0 spiro atoms. The molecule has 2 N–H and O–H groups in total. The smallest absolute Gasteiger partial charge is 0.201 e. The van der Waals surface area contributed by atoms with Gasteiger partial charge in [0.05, 0.1) is 11.0 Å². The number of hydrogen-bond acceptors (Lipinski definition) is 4. The number of ether oxygens (including phenoxy) is 2. The van der Waals surface area contributed by atoms with Crippen LogP contribution in [0.15, 0.2) is 12.1 Å². The predicted octanol–water partition coefficient (Wildman–Crippen LogP) is 2.97. The summed E-state index contributed by atoms with van der Waals surface area (Å²) in [5.74, 6) is 2.12. The molecule has 1 aliphatic heterocycles. The van der Waals surface area contributed by atoms with Crippen molar-refractivity contribution < 1.29 is 9.47 Å². The fourth-order valence-electron chi connectivity index (χ4n) is 2.61. The average molecular weight is 275 g/mol. The van der Waals surface area contributed by atoms with Gasteiger partial charge in [0.15, 0.2) is 11.5 Å². The number of fused-ring (bicyclic) bond motifs is 2. The van der Waals surface area contributed by atoms with Gasteiger partial charge in [0.25, 0.3) is 0 Å². The molecule has 0 bridgehead atoms. The van der Waals surface area contributed by atoms with Gasteiger partial charge in [-0.25, -0.2) is 4.98 Å². The molecular weight excluding hydrogens is 254 g/mol. The zero-order valence-corrected chi connectivity index (χ0v) is 11.9. The number of unbranched alkanes of at least 4 members (excludes halogenated alkanes) is 3. The van der Waals surface area contributed by atoms with Crippen molar-refractivity contribution in [2.75, 3.05) is 18.9 Å². The van der Waals surface area contributed by atoms with Gasteiger partial charge in [0, 0.05) is 18.7 Å². The molecule has 0 saturated heterocycles. The topological polar surface area (TPSA) is 62.3 Å². The molecule has 1 aliphatic rings. The van der Waals surface area contributed by atoms with Crippen LogP contribution < -0.4 is 15.2 Å². The van der Waals surface area contributed by atoms with E-state index in [0.29, 0.717) is 19.2 Å². The summed E-state index contributed by atoms with van der Waals surface area (Å²) in [5, 5.41) is 0. The van der Waals surface area contributed by atoms with Crippen molar-refractivity contribution in [3.05, 3.63) is 12.1 Å². The number of nitrogen functional groups attached to an aromatic ring is 1. The van der Waals surface area contributed by atoms with Crippen molar-refractivity contribution in [3.8, 4) is 11.5 Å². The zero-order valence-electron chi connectivity index (χ0n) is 11.9. The lowest BCUT2D eigenvalue weighted by atomic mass is 10.2. The number of imidazole rings is 1. The lowest BCUT2D eigenvalue weighted by molar-refractivity contribution is 0.172. The van der Waals surface area contributed by atoms with E-state index in [4.69, 9.17) is 15.2 Å². The normalized spacial score (nSPS) is 13.8. The lowest BCUT2D eigenvalue weighted by Crippen LogP contribution is -2.15. The Morgan fingerprint density at radius 1 is 1.15 bits per heavy atom. The van der Waals surface area contributed by atoms with E-state index in [1.165, 1.54) is 19.3 Å². The van der Waals surface area contributed by atoms with Gasteiger partial charge >= 0.3 is 0 Å². The highest BCUT2D eigenvalue weighted by Gasteiger charge is 2.16. The van der Waals surface area contributed by atoms with E-state index in [-0.39, 0.29) is 0 Å². The predicted molar refractivity (Wildman–Crippen MR) is 79.3 cm³/mol. The maximum absolute atomic E-state index is 6.04. The molecule has 1 aromatic heterocycles. The van der Waals surface area contributed by atoms with Crippen molar-refractivity contribution in [1.29, 1.82) is 0 Å². The zero-order chi connectivity index (χ0) is 13.9. The van der Waals surface area contributed by atoms with E-state index < -0.39 is 0 Å². The number of benzene rings is 1. The molecule has 1 aromatic carbocycles. The Morgan fingerprint density at radius 2 is 1.90 bits per heavy atom. The van der Waals surface area contributed by atoms with Gasteiger partial charge in [-0.1, -0.05) is 26.2 Å². The SMILES string of the molecule is CCCCCCn1c(N)nc2cc3c(cc21)OCCO3. The third-order valence-electron chi connectivity index (χ3n) is 3.68. The molecule has 0 saturated carbocycles. The number of rotatable bonds is 5. The Kier molecular flexibility index (Phi) is 3.67. The molecule has 3 rings (SSSR count). The van der Waals surface area contributed by atoms with Crippen LogP contribution in [0.5, 0.6) is 11.5 Å². The largest absolute Gasteiger partial charge is 0.486 e. The third kappa shape index (κ3) is 2.40. The van der Waals surface area contributed by atoms with Gasteiger partial charge in [0.2, 0.25) is 5.95 Å². The molecule has 5 nitrogen and oxygen atoms in total. The minimum atomic E-state index is 0.568. The van der Waals surface area contributed by atoms with Crippen molar-refractivity contribution in [3.63, 3.8) is 0 Å². The van der Waals surface area contributed by atoms with Crippen molar-refractivity contribution in [2.24, 2.45) is 0 Å². The van der Waals surface area contributed by atoms with Crippen LogP contribution in [0.1, 0.15) is 32.6 Å². The number of aryl methyl sites for hydroxylation is 1. The van der Waals surface area contributed by atoms with Crippen LogP contribution in [0.3, 0.4) is 0 Å². The Hall–Kier alpha value is -1.91. The molecule has 108 valence electrons. The second-order valence-corrected chi connectivity index (χ2v) is 5.17. The maximum atomic E-state index is 6.04. The molecule has 2 aromatic rings. The molecule has 0 amide bonds. The molecule has 20 heavy (non-hydrogen) atoms. The monoisotopic (exact) mass is 275 g/mol. The first-order valence-electron chi connectivity index (χ1n) is 7.35. The van der Waals surface area contributed by atoms with Gasteiger partial charge in [-0.3, -0.25) is 0 Å². The number of nitrogens with two attached hydrogens (primary N) is 1. The number of nitrogens with zero attached hydrogens (tertiary/aromatic N) is 2. The Labute approximate surface area is 118 Å². The summed E-state index contributed by atoms with van der Waals surface area (Å²) in [6.07, 6.45) is 4.84. The van der Waals surface area contributed by atoms with Crippen LogP contribution in [0.25, 0.3) is 11.0 Å². The molecule has 2 heterocycles. The minimum Gasteiger partial charge on any atom is -0.486 e. The fraction of sp³-hybridized carbons (Fsp3) is 0.533. The summed E-state index contributed by atoms with van der Waals surface area (Å²) in [5.41, 5.74) is 7.94. The lowest BCUT2D eigenvalue weighted by Gasteiger charge is -2.18. The van der Waals surface area contributed by atoms with Crippen molar-refractivity contribution >= 4 is 17.0 Å². The van der Waals surface area contributed by atoms with Crippen LogP contribution in [0.2, 0.25) is 0 Å². The van der Waals surface area contributed by atoms with E-state index in [1.807, 2.05) is 12.1 Å². The Bertz CT molecular complexity index is 607. The van der Waals surface area contributed by atoms with Crippen LogP contribution in [0, 0.1) is 0 Å². The summed E-state index contributed by atoms with van der Waals surface area (Å²) in [6.45, 7) is 4.30. The highest BCUT2D eigenvalue weighted by molar-refractivity contribution is 5.82. The maximum Gasteiger partial charge on any atom is 0.201 e. The van der Waals surface area contributed by atoms with Gasteiger partial charge < -0.3 is 19.8 Å². The van der Waals surface area contributed by atoms with Crippen LogP contribution in [-0.2, 0) is 6.54 Å². The Morgan fingerprint density at radius 3 is 2.65 bits per heavy atom. The van der Waals surface area contributed by atoms with Crippen molar-refractivity contribution in [1.82, 2.24) is 9.55 Å². The molecule has 0 radical (unpaired) electrons. The van der Waals surface area contributed by atoms with Gasteiger partial charge in [-0.2, -0.15) is 0 Å². The second-order valence-electron chi connectivity index (χ2n) is 5.17. The molecule has 0 aliphatic carbocycles. The van der Waals surface area contributed by atoms with E-state index in [9.17, 15) is 0 Å². The standard InChI is InChI=1S/C15H21N3O2/c1-2-3-4-5-6-18-12-10-14-13(19-7-8-20-14)9-11(12)17-15(18)16/h9-10H,2-8H2,1H3,(H2,16,17). The first-order valence-corrected chi connectivity index (χ1v) is 7.35. The van der Waals surface area contributed by atoms with Gasteiger partial charge in [-0.05, 0) is 6.42 Å². The molecule has 0 atom stereocenters. The summed E-state index contributed by atoms with van der Waals surface area (Å²) >= 11 is 0. The number of aromatic nitrogens is 2. The molecule has 5 heteroatoms. The van der Waals surface area contributed by atoms with E-state index in [0.717, 1.165) is 35.5 Å². The molecule has 0 unspecified atom stereocenters. The van der Waals surface area contributed by atoms with E-state index in [2.05, 4.69) is 16.5 Å². The first kappa shape index (κ1) is 13.1. The molecular formula is C15H21N3O2. The summed E-state index contributed by atoms with van der Waals surface area (Å²) in [4.78, 5) is 4.43. The average Bonchev–Trinajstić information content (AvgIpc) is 2.76. The van der Waals surface area contributed by atoms with Crippen LogP contribution in [0.4, 0.5) is 5.95 Å². The third-order valence-corrected chi connectivity index (χ3v) is 3.68. The van der Waals surface area contributed by atoms with Crippen LogP contribution in [-0.4, -0.2) is 22.8 Å². The van der Waals surface area contributed by atoms with E-state index in [1.54, 1.807) is 0 Å². The van der Waals surface area contributed by atoms with Crippen molar-refractivity contribution in [2.45, 2.75) is 39.2 Å². The summed E-state index contributed by atoms with van der Waals surface area (Å²) < 4.78 is 13.3. The van der Waals surface area contributed by atoms with Crippen LogP contribution >= 0.6 is 0 Å². The van der Waals surface area contributed by atoms with E-state index >= 15 is 0 Å². The Balaban J connectivity index is 1.89. The highest BCUT2D eigenvalue weighted by atomic mass is 16.6. The summed E-state index contributed by atoms with van der Waals surface area (Å²) in [7, 11) is 0. The minimum absolute atomic E-state index is 0.568. The van der Waals surface area contributed by atoms with Gasteiger partial charge in [0.1, 0.15) is 13.2 Å².